The molecule has 0 saturated carbocycles. The lowest BCUT2D eigenvalue weighted by Gasteiger charge is -2.12. The minimum atomic E-state index is -0.226. The summed E-state index contributed by atoms with van der Waals surface area (Å²) in [6.07, 6.45) is 5.06. The van der Waals surface area contributed by atoms with Gasteiger partial charge in [0.1, 0.15) is 17.1 Å². The van der Waals surface area contributed by atoms with Gasteiger partial charge in [-0.3, -0.25) is 9.78 Å². The second-order valence-electron chi connectivity index (χ2n) is 8.35. The lowest BCUT2D eigenvalue weighted by atomic mass is 9.98. The van der Waals surface area contributed by atoms with Crippen LogP contribution in [0.3, 0.4) is 0 Å². The van der Waals surface area contributed by atoms with Gasteiger partial charge in [0.05, 0.1) is 25.5 Å². The third kappa shape index (κ3) is 4.53. The van der Waals surface area contributed by atoms with Crippen molar-refractivity contribution in [3.63, 3.8) is 0 Å². The number of para-hydroxylation sites is 1. The van der Waals surface area contributed by atoms with Gasteiger partial charge >= 0.3 is 0 Å². The molecule has 0 spiro atoms. The van der Waals surface area contributed by atoms with Crippen molar-refractivity contribution in [2.75, 3.05) is 19.0 Å². The van der Waals surface area contributed by atoms with Crippen LogP contribution in [0, 0.1) is 0 Å². The van der Waals surface area contributed by atoms with Crippen molar-refractivity contribution in [3.8, 4) is 22.6 Å². The minimum absolute atomic E-state index is 0.226. The van der Waals surface area contributed by atoms with Crippen LogP contribution in [-0.4, -0.2) is 24.6 Å². The molecule has 2 heterocycles. The van der Waals surface area contributed by atoms with Crippen LogP contribution in [0.15, 0.2) is 89.7 Å². The molecule has 5 aromatic rings. The van der Waals surface area contributed by atoms with Gasteiger partial charge in [-0.1, -0.05) is 24.3 Å². The van der Waals surface area contributed by atoms with E-state index in [2.05, 4.69) is 10.3 Å². The Morgan fingerprint density at radius 3 is 2.72 bits per heavy atom. The number of hydrogen-bond donors (Lipinski definition) is 1. The molecular weight excluding hydrogens is 452 g/mol. The maximum Gasteiger partial charge on any atom is 0.248 e. The number of anilines is 1. The van der Waals surface area contributed by atoms with Crippen molar-refractivity contribution in [2.24, 2.45) is 0 Å². The largest absolute Gasteiger partial charge is 0.496 e. The molecule has 3 aromatic carbocycles. The number of ether oxygens (including phenoxy) is 2. The Morgan fingerprint density at radius 2 is 1.89 bits per heavy atom. The summed E-state index contributed by atoms with van der Waals surface area (Å²) in [6.45, 7) is 4.32. The number of nitrogens with one attached hydrogen (secondary N) is 1. The van der Waals surface area contributed by atoms with Gasteiger partial charge in [-0.25, -0.2) is 0 Å². The average molecular weight is 479 g/mol. The normalized spacial score (nSPS) is 11.6. The van der Waals surface area contributed by atoms with E-state index >= 15 is 0 Å². The number of pyridine rings is 1. The molecule has 6 heteroatoms. The summed E-state index contributed by atoms with van der Waals surface area (Å²) < 4.78 is 17.3. The number of benzene rings is 3. The second kappa shape index (κ2) is 9.96. The standard InChI is InChI=1S/C30H26N2O4/c1-4-35-28-17-29-24(25(18-36-29)22-9-5-6-10-27(22)34-3)16-23(28)19(2)14-30(33)32-21-11-12-26-20(15-21)8-7-13-31-26/h5-18H,4H2,1-3H3,(H,32,33)/b19-14+. The molecule has 0 atom stereocenters. The number of fused-ring (bicyclic) bond motifs is 2. The van der Waals surface area contributed by atoms with Crippen LogP contribution in [0.2, 0.25) is 0 Å². The SMILES string of the molecule is CCOc1cc2occ(-c3ccccc3OC)c2cc1/C(C)=C/C(=O)Nc1ccc2ncccc2c1. The number of hydrogen-bond acceptors (Lipinski definition) is 5. The number of allylic oxidation sites excluding steroid dienone is 1. The fourth-order valence-electron chi connectivity index (χ4n) is 4.32. The van der Waals surface area contributed by atoms with E-state index < -0.39 is 0 Å². The Morgan fingerprint density at radius 1 is 1.03 bits per heavy atom. The fraction of sp³-hybridized carbons (Fsp3) is 0.133. The lowest BCUT2D eigenvalue weighted by molar-refractivity contribution is -0.111. The lowest BCUT2D eigenvalue weighted by Crippen LogP contribution is -2.08. The molecule has 0 aliphatic rings. The topological polar surface area (TPSA) is 73.6 Å². The van der Waals surface area contributed by atoms with Crippen molar-refractivity contribution >= 4 is 39.0 Å². The quantitative estimate of drug-likeness (QED) is 0.253. The van der Waals surface area contributed by atoms with Gasteiger partial charge in [0.15, 0.2) is 0 Å². The van der Waals surface area contributed by atoms with Gasteiger partial charge in [-0.15, -0.1) is 0 Å². The zero-order valence-electron chi connectivity index (χ0n) is 20.4. The molecule has 6 nitrogen and oxygen atoms in total. The van der Waals surface area contributed by atoms with Crippen molar-refractivity contribution < 1.29 is 18.7 Å². The first-order valence-corrected chi connectivity index (χ1v) is 11.7. The first-order chi connectivity index (χ1) is 17.6. The van der Waals surface area contributed by atoms with E-state index in [1.807, 2.05) is 80.6 Å². The molecule has 0 fully saturated rings. The first-order valence-electron chi connectivity index (χ1n) is 11.7. The predicted molar refractivity (Wildman–Crippen MR) is 143 cm³/mol. The van der Waals surface area contributed by atoms with E-state index in [0.29, 0.717) is 23.6 Å². The molecule has 0 aliphatic carbocycles. The number of carbonyl (C=O) groups is 1. The van der Waals surface area contributed by atoms with Gasteiger partial charge in [-0.2, -0.15) is 0 Å². The van der Waals surface area contributed by atoms with Crippen LogP contribution >= 0.6 is 0 Å². The van der Waals surface area contributed by atoms with Crippen LogP contribution in [0.5, 0.6) is 11.5 Å². The maximum atomic E-state index is 12.9. The summed E-state index contributed by atoms with van der Waals surface area (Å²) in [6, 6.07) is 21.2. The molecule has 0 unspecified atom stereocenters. The van der Waals surface area contributed by atoms with E-state index in [0.717, 1.165) is 44.3 Å². The monoisotopic (exact) mass is 478 g/mol. The number of methoxy groups -OCH3 is 1. The molecule has 0 aliphatic heterocycles. The predicted octanol–water partition coefficient (Wildman–Crippen LogP) is 7.10. The summed E-state index contributed by atoms with van der Waals surface area (Å²) in [5.41, 5.74) is 5.71. The summed E-state index contributed by atoms with van der Waals surface area (Å²) in [5, 5.41) is 4.82. The molecule has 0 radical (unpaired) electrons. The highest BCUT2D eigenvalue weighted by Gasteiger charge is 2.17. The van der Waals surface area contributed by atoms with E-state index in [-0.39, 0.29) is 5.91 Å². The van der Waals surface area contributed by atoms with Crippen LogP contribution in [-0.2, 0) is 4.79 Å². The molecular formula is C30H26N2O4. The zero-order chi connectivity index (χ0) is 25.1. The summed E-state index contributed by atoms with van der Waals surface area (Å²) >= 11 is 0. The van der Waals surface area contributed by atoms with Crippen molar-refractivity contribution in [2.45, 2.75) is 13.8 Å². The van der Waals surface area contributed by atoms with Crippen LogP contribution < -0.4 is 14.8 Å². The number of aromatic nitrogens is 1. The van der Waals surface area contributed by atoms with Crippen LogP contribution in [0.4, 0.5) is 5.69 Å². The Labute approximate surface area is 209 Å². The molecule has 1 N–H and O–H groups in total. The Hall–Kier alpha value is -4.58. The zero-order valence-corrected chi connectivity index (χ0v) is 20.4. The number of furan rings is 1. The Kier molecular flexibility index (Phi) is 6.41. The van der Waals surface area contributed by atoms with Crippen molar-refractivity contribution in [3.05, 3.63) is 90.8 Å². The van der Waals surface area contributed by atoms with Gasteiger partial charge in [-0.05, 0) is 55.8 Å². The van der Waals surface area contributed by atoms with Crippen molar-refractivity contribution in [1.29, 1.82) is 0 Å². The molecule has 1 amide bonds. The van der Waals surface area contributed by atoms with E-state index in [1.54, 1.807) is 25.6 Å². The number of carbonyl (C=O) groups excluding carboxylic acids is 1. The van der Waals surface area contributed by atoms with E-state index in [4.69, 9.17) is 13.9 Å². The average Bonchev–Trinajstić information content (AvgIpc) is 3.30. The highest BCUT2D eigenvalue weighted by Crippen LogP contribution is 2.40. The molecule has 5 rings (SSSR count). The summed E-state index contributed by atoms with van der Waals surface area (Å²) in [4.78, 5) is 17.2. The van der Waals surface area contributed by atoms with Gasteiger partial charge in [0.2, 0.25) is 5.91 Å². The first kappa shape index (κ1) is 23.2. The molecule has 0 bridgehead atoms. The smallest absolute Gasteiger partial charge is 0.248 e. The highest BCUT2D eigenvalue weighted by molar-refractivity contribution is 6.06. The number of amides is 1. The number of rotatable bonds is 7. The molecule has 180 valence electrons. The third-order valence-corrected chi connectivity index (χ3v) is 6.02. The molecule has 0 saturated heterocycles. The maximum absolute atomic E-state index is 12.9. The summed E-state index contributed by atoms with van der Waals surface area (Å²) in [5.74, 6) is 1.19. The molecule has 36 heavy (non-hydrogen) atoms. The number of nitrogens with zero attached hydrogens (tertiary/aromatic N) is 1. The van der Waals surface area contributed by atoms with Crippen LogP contribution in [0.1, 0.15) is 19.4 Å². The van der Waals surface area contributed by atoms with Gasteiger partial charge < -0.3 is 19.2 Å². The fourth-order valence-corrected chi connectivity index (χ4v) is 4.32. The van der Waals surface area contributed by atoms with Gasteiger partial charge in [0, 0.05) is 51.5 Å². The highest BCUT2D eigenvalue weighted by atomic mass is 16.5. The minimum Gasteiger partial charge on any atom is -0.496 e. The summed E-state index contributed by atoms with van der Waals surface area (Å²) in [7, 11) is 1.65. The van der Waals surface area contributed by atoms with E-state index in [1.165, 1.54) is 0 Å². The second-order valence-corrected chi connectivity index (χ2v) is 8.35. The molecule has 2 aromatic heterocycles. The third-order valence-electron chi connectivity index (χ3n) is 6.02. The van der Waals surface area contributed by atoms with Crippen LogP contribution in [0.25, 0.3) is 38.6 Å². The van der Waals surface area contributed by atoms with E-state index in [9.17, 15) is 4.79 Å². The Bertz CT molecular complexity index is 1600. The Balaban J connectivity index is 1.51. The van der Waals surface area contributed by atoms with Gasteiger partial charge in [0.25, 0.3) is 0 Å². The van der Waals surface area contributed by atoms with Crippen molar-refractivity contribution in [1.82, 2.24) is 4.98 Å².